The van der Waals surface area contributed by atoms with Gasteiger partial charge in [0.25, 0.3) is 0 Å². The zero-order chi connectivity index (χ0) is 19.3. The van der Waals surface area contributed by atoms with Gasteiger partial charge in [-0.1, -0.05) is 0 Å². The molecule has 26 heavy (non-hydrogen) atoms. The molecule has 7 nitrogen and oxygen atoms in total. The number of fused-ring (bicyclic) bond motifs is 1. The summed E-state index contributed by atoms with van der Waals surface area (Å²) in [5.74, 6) is -0.379. The van der Waals surface area contributed by atoms with Crippen LogP contribution in [0.15, 0.2) is 27.4 Å². The number of nitrogens with zero attached hydrogens (tertiary/aromatic N) is 1. The quantitative estimate of drug-likeness (QED) is 0.461. The largest absolute Gasteiger partial charge is 0.503 e. The minimum atomic E-state index is -0.601. The minimum absolute atomic E-state index is 0.0297. The molecule has 2 rings (SSSR count). The van der Waals surface area contributed by atoms with Crippen molar-refractivity contribution in [1.29, 1.82) is 0 Å². The molecule has 0 amide bonds. The highest BCUT2D eigenvalue weighted by Gasteiger charge is 2.19. The Hall–Kier alpha value is -2.96. The Labute approximate surface area is 151 Å². The van der Waals surface area contributed by atoms with E-state index in [1.165, 1.54) is 19.3 Å². The van der Waals surface area contributed by atoms with Gasteiger partial charge in [0.1, 0.15) is 5.58 Å². The Balaban J connectivity index is 2.63. The molecule has 0 aliphatic rings. The van der Waals surface area contributed by atoms with Crippen molar-refractivity contribution >= 4 is 28.7 Å². The summed E-state index contributed by atoms with van der Waals surface area (Å²) in [6.45, 7) is 7.19. The van der Waals surface area contributed by atoms with Gasteiger partial charge in [-0.2, -0.15) is 0 Å². The van der Waals surface area contributed by atoms with Crippen molar-refractivity contribution in [3.05, 3.63) is 34.2 Å². The standard InChI is InChI=1S/C19H23NO6/c1-5-20(6-2)14-11-15-13(18(24-4)17(14)22)10-12(19(23)26-15)8-9-16(21)25-7-3/h8-11,22H,5-7H2,1-4H3/b9-8+. The van der Waals surface area contributed by atoms with E-state index in [4.69, 9.17) is 13.9 Å². The number of benzene rings is 1. The van der Waals surface area contributed by atoms with E-state index in [0.717, 1.165) is 6.08 Å². The summed E-state index contributed by atoms with van der Waals surface area (Å²) in [6.07, 6.45) is 2.47. The maximum absolute atomic E-state index is 12.2. The number of rotatable bonds is 7. The number of esters is 1. The van der Waals surface area contributed by atoms with E-state index in [0.29, 0.717) is 29.7 Å². The molecule has 0 unspecified atom stereocenters. The predicted octanol–water partition coefficient (Wildman–Crippen LogP) is 2.93. The van der Waals surface area contributed by atoms with Crippen molar-refractivity contribution in [2.75, 3.05) is 31.7 Å². The van der Waals surface area contributed by atoms with Crippen LogP contribution in [-0.2, 0) is 9.53 Å². The molecule has 1 N–H and O–H groups in total. The molecule has 0 aliphatic heterocycles. The smallest absolute Gasteiger partial charge is 0.343 e. The first kappa shape index (κ1) is 19.4. The molecule has 0 saturated carbocycles. The third-order valence-electron chi connectivity index (χ3n) is 3.97. The highest BCUT2D eigenvalue weighted by atomic mass is 16.5. The van der Waals surface area contributed by atoms with Gasteiger partial charge in [0.05, 0.1) is 30.4 Å². The molecular weight excluding hydrogens is 338 g/mol. The van der Waals surface area contributed by atoms with Crippen LogP contribution in [0.1, 0.15) is 26.3 Å². The van der Waals surface area contributed by atoms with Crippen LogP contribution < -0.4 is 15.3 Å². The van der Waals surface area contributed by atoms with Crippen molar-refractivity contribution in [3.63, 3.8) is 0 Å². The first-order valence-electron chi connectivity index (χ1n) is 8.44. The third kappa shape index (κ3) is 3.82. The number of anilines is 1. The lowest BCUT2D eigenvalue weighted by molar-refractivity contribution is -0.137. The van der Waals surface area contributed by atoms with E-state index >= 15 is 0 Å². The van der Waals surface area contributed by atoms with Crippen LogP contribution in [0.25, 0.3) is 17.0 Å². The number of aromatic hydroxyl groups is 1. The molecule has 140 valence electrons. The lowest BCUT2D eigenvalue weighted by Crippen LogP contribution is -2.22. The van der Waals surface area contributed by atoms with Crippen LogP contribution in [0.3, 0.4) is 0 Å². The molecule has 1 heterocycles. The van der Waals surface area contributed by atoms with Gasteiger partial charge in [0, 0.05) is 25.2 Å². The second kappa shape index (κ2) is 8.42. The summed E-state index contributed by atoms with van der Waals surface area (Å²) in [6, 6.07) is 3.13. The van der Waals surface area contributed by atoms with E-state index in [9.17, 15) is 14.7 Å². The number of methoxy groups -OCH3 is 1. The van der Waals surface area contributed by atoms with Gasteiger partial charge < -0.3 is 23.9 Å². The lowest BCUT2D eigenvalue weighted by Gasteiger charge is -2.23. The van der Waals surface area contributed by atoms with Crippen molar-refractivity contribution in [2.45, 2.75) is 20.8 Å². The van der Waals surface area contributed by atoms with Crippen molar-refractivity contribution < 1.29 is 23.8 Å². The molecule has 0 spiro atoms. The third-order valence-corrected chi connectivity index (χ3v) is 3.97. The van der Waals surface area contributed by atoms with Crippen LogP contribution in [0.5, 0.6) is 11.5 Å². The normalized spacial score (nSPS) is 11.1. The van der Waals surface area contributed by atoms with E-state index < -0.39 is 11.6 Å². The molecule has 0 aliphatic carbocycles. The zero-order valence-corrected chi connectivity index (χ0v) is 15.4. The summed E-state index contributed by atoms with van der Waals surface area (Å²) in [5, 5.41) is 11.0. The van der Waals surface area contributed by atoms with E-state index in [-0.39, 0.29) is 23.7 Å². The molecule has 1 aromatic heterocycles. The molecule has 2 aromatic rings. The number of carbonyl (C=O) groups excluding carboxylic acids is 1. The van der Waals surface area contributed by atoms with E-state index in [2.05, 4.69) is 0 Å². The molecule has 0 radical (unpaired) electrons. The molecule has 0 fully saturated rings. The summed E-state index contributed by atoms with van der Waals surface area (Å²) in [5.41, 5.74) is 0.368. The predicted molar refractivity (Wildman–Crippen MR) is 99.9 cm³/mol. The van der Waals surface area contributed by atoms with Crippen LogP contribution >= 0.6 is 0 Å². The lowest BCUT2D eigenvalue weighted by atomic mass is 10.1. The molecular formula is C19H23NO6. The summed E-state index contributed by atoms with van der Waals surface area (Å²) in [7, 11) is 1.43. The van der Waals surface area contributed by atoms with Crippen LogP contribution in [0.4, 0.5) is 5.69 Å². The Kier molecular flexibility index (Phi) is 6.27. The number of hydrogen-bond donors (Lipinski definition) is 1. The summed E-state index contributed by atoms with van der Waals surface area (Å²) in [4.78, 5) is 25.6. The van der Waals surface area contributed by atoms with Gasteiger partial charge in [0.15, 0.2) is 11.5 Å². The number of ether oxygens (including phenoxy) is 2. The maximum atomic E-state index is 12.2. The maximum Gasteiger partial charge on any atom is 0.343 e. The topological polar surface area (TPSA) is 89.2 Å². The van der Waals surface area contributed by atoms with Crippen LogP contribution in [-0.4, -0.2) is 37.9 Å². The number of phenolic OH excluding ortho intramolecular Hbond substituents is 1. The van der Waals surface area contributed by atoms with Crippen LogP contribution in [0, 0.1) is 0 Å². The number of hydrogen-bond acceptors (Lipinski definition) is 7. The zero-order valence-electron chi connectivity index (χ0n) is 15.4. The van der Waals surface area contributed by atoms with Gasteiger partial charge >= 0.3 is 11.6 Å². The van der Waals surface area contributed by atoms with Gasteiger partial charge in [-0.25, -0.2) is 9.59 Å². The summed E-state index contributed by atoms with van der Waals surface area (Å²) >= 11 is 0. The van der Waals surface area contributed by atoms with E-state index in [1.807, 2.05) is 18.7 Å². The Morgan fingerprint density at radius 3 is 2.54 bits per heavy atom. The Bertz CT molecular complexity index is 880. The Morgan fingerprint density at radius 1 is 1.27 bits per heavy atom. The summed E-state index contributed by atoms with van der Waals surface area (Å²) < 4.78 is 15.5. The second-order valence-electron chi connectivity index (χ2n) is 5.44. The molecule has 1 aromatic carbocycles. The number of phenols is 1. The fourth-order valence-electron chi connectivity index (χ4n) is 2.70. The first-order chi connectivity index (χ1) is 12.5. The average molecular weight is 361 g/mol. The van der Waals surface area contributed by atoms with Gasteiger partial charge in [0.2, 0.25) is 0 Å². The minimum Gasteiger partial charge on any atom is -0.503 e. The van der Waals surface area contributed by atoms with Gasteiger partial charge in [-0.05, 0) is 32.9 Å². The fourth-order valence-corrected chi connectivity index (χ4v) is 2.70. The first-order valence-corrected chi connectivity index (χ1v) is 8.44. The van der Waals surface area contributed by atoms with Crippen molar-refractivity contribution in [3.8, 4) is 11.5 Å². The van der Waals surface area contributed by atoms with Gasteiger partial charge in [-0.15, -0.1) is 0 Å². The highest BCUT2D eigenvalue weighted by Crippen LogP contribution is 2.42. The molecule has 0 atom stereocenters. The van der Waals surface area contributed by atoms with Crippen LogP contribution in [0.2, 0.25) is 0 Å². The molecule has 0 bridgehead atoms. The van der Waals surface area contributed by atoms with Crippen molar-refractivity contribution in [1.82, 2.24) is 0 Å². The monoisotopic (exact) mass is 361 g/mol. The number of carbonyl (C=O) groups is 1. The van der Waals surface area contributed by atoms with E-state index in [1.54, 1.807) is 13.0 Å². The SMILES string of the molecule is CCOC(=O)/C=C/c1cc2c(OC)c(O)c(N(CC)CC)cc2oc1=O. The Morgan fingerprint density at radius 2 is 1.96 bits per heavy atom. The fraction of sp³-hybridized carbons (Fsp3) is 0.368. The average Bonchev–Trinajstić information content (AvgIpc) is 2.62. The van der Waals surface area contributed by atoms with Crippen molar-refractivity contribution in [2.24, 2.45) is 0 Å². The molecule has 0 saturated heterocycles. The second-order valence-corrected chi connectivity index (χ2v) is 5.44. The molecule has 7 heteroatoms. The van der Waals surface area contributed by atoms with Gasteiger partial charge in [-0.3, -0.25) is 0 Å². The highest BCUT2D eigenvalue weighted by molar-refractivity contribution is 5.94.